The van der Waals surface area contributed by atoms with Crippen LogP contribution in [-0.2, 0) is 4.84 Å². The van der Waals surface area contributed by atoms with Crippen LogP contribution < -0.4 is 5.90 Å². The predicted molar refractivity (Wildman–Crippen MR) is 19.8 cm³/mol. The minimum absolute atomic E-state index is 0.514. The summed E-state index contributed by atoms with van der Waals surface area (Å²) in [6.07, 6.45) is 0.514. The average Bonchev–Trinajstić information content (AvgIpc) is 1.37. The molecule has 0 saturated heterocycles. The maximum atomic E-state index is 4.51. The van der Waals surface area contributed by atoms with Gasteiger partial charge in [0.15, 0.2) is 0 Å². The van der Waals surface area contributed by atoms with E-state index in [4.69, 9.17) is 0 Å². The minimum Gasteiger partial charge on any atom is -0.301 e. The molecule has 0 bridgehead atoms. The lowest BCUT2D eigenvalue weighted by Crippen LogP contribution is -1.92. The normalized spacial score (nSPS) is 7.50. The zero-order valence-electron chi connectivity index (χ0n) is 2.27. The maximum absolute atomic E-state index is 4.51. The van der Waals surface area contributed by atoms with Gasteiger partial charge in [-0.1, -0.05) is 0 Å². The second-order valence-electron chi connectivity index (χ2n) is 0.333. The van der Waals surface area contributed by atoms with E-state index in [0.717, 1.165) is 0 Å². The summed E-state index contributed by atoms with van der Waals surface area (Å²) in [6.45, 7) is 0. The molecule has 1 unspecified atom stereocenters. The van der Waals surface area contributed by atoms with Gasteiger partial charge in [-0.15, -0.1) is 9.24 Å². The first kappa shape index (κ1) is 4.35. The Balaban J connectivity index is 1.97. The van der Waals surface area contributed by atoms with E-state index in [2.05, 4.69) is 20.0 Å². The third kappa shape index (κ3) is 2.35. The SMILES string of the molecule is NOCP. The summed E-state index contributed by atoms with van der Waals surface area (Å²) in [4.78, 5) is 4.00. The first-order valence-electron chi connectivity index (χ1n) is 0.933. The van der Waals surface area contributed by atoms with E-state index in [-0.39, 0.29) is 0 Å². The van der Waals surface area contributed by atoms with Crippen LogP contribution in [-0.4, -0.2) is 6.35 Å². The summed E-state index contributed by atoms with van der Waals surface area (Å²) in [5.41, 5.74) is 0. The van der Waals surface area contributed by atoms with Crippen LogP contribution in [0.1, 0.15) is 0 Å². The highest BCUT2D eigenvalue weighted by molar-refractivity contribution is 7.16. The zero-order valence-corrected chi connectivity index (χ0v) is 3.42. The van der Waals surface area contributed by atoms with Crippen LogP contribution in [0.4, 0.5) is 0 Å². The largest absolute Gasteiger partial charge is 0.301 e. The monoisotopic (exact) mass is 79.0 g/mol. The molecule has 2 N–H and O–H groups in total. The molecule has 0 aliphatic rings. The molecule has 2 nitrogen and oxygen atoms in total. The van der Waals surface area contributed by atoms with Gasteiger partial charge in [0.1, 0.15) is 0 Å². The molecule has 26 valence electrons. The van der Waals surface area contributed by atoms with Gasteiger partial charge in [-0.25, -0.2) is 5.90 Å². The average molecular weight is 79.0 g/mol. The number of nitrogens with two attached hydrogens (primary N) is 1. The summed E-state index contributed by atoms with van der Waals surface area (Å²) < 4.78 is 0. The van der Waals surface area contributed by atoms with Crippen molar-refractivity contribution >= 4 is 9.24 Å². The highest BCUT2D eigenvalue weighted by atomic mass is 31.0. The van der Waals surface area contributed by atoms with Crippen molar-refractivity contribution in [2.24, 2.45) is 5.90 Å². The van der Waals surface area contributed by atoms with Crippen LogP contribution in [0.2, 0.25) is 0 Å². The van der Waals surface area contributed by atoms with E-state index in [0.29, 0.717) is 6.35 Å². The van der Waals surface area contributed by atoms with Crippen LogP contribution in [0.25, 0.3) is 0 Å². The fourth-order valence-corrected chi connectivity index (χ4v) is 0. The van der Waals surface area contributed by atoms with Crippen molar-refractivity contribution in [3.8, 4) is 0 Å². The van der Waals surface area contributed by atoms with Gasteiger partial charge < -0.3 is 4.84 Å². The van der Waals surface area contributed by atoms with Gasteiger partial charge in [-0.3, -0.25) is 0 Å². The van der Waals surface area contributed by atoms with E-state index < -0.39 is 0 Å². The van der Waals surface area contributed by atoms with Crippen LogP contribution in [0.15, 0.2) is 0 Å². The fourth-order valence-electron chi connectivity index (χ4n) is 0. The van der Waals surface area contributed by atoms with E-state index in [1.54, 1.807) is 0 Å². The van der Waals surface area contributed by atoms with Gasteiger partial charge in [0.05, 0.1) is 6.35 Å². The summed E-state index contributed by atoms with van der Waals surface area (Å²) >= 11 is 0. The quantitative estimate of drug-likeness (QED) is 0.346. The van der Waals surface area contributed by atoms with Crippen molar-refractivity contribution in [2.75, 3.05) is 6.35 Å². The molecular formula is CH6NOP. The Morgan fingerprint density at radius 1 is 2.00 bits per heavy atom. The number of hydrogen-bond donors (Lipinski definition) is 1. The third-order valence-corrected chi connectivity index (χ3v) is 0.289. The van der Waals surface area contributed by atoms with Gasteiger partial charge in [-0.2, -0.15) is 0 Å². The Morgan fingerprint density at radius 3 is 2.25 bits per heavy atom. The van der Waals surface area contributed by atoms with Crippen LogP contribution in [0, 0.1) is 0 Å². The van der Waals surface area contributed by atoms with E-state index in [1.807, 2.05) is 0 Å². The zero-order chi connectivity index (χ0) is 3.41. The first-order chi connectivity index (χ1) is 1.91. The van der Waals surface area contributed by atoms with E-state index >= 15 is 0 Å². The standard InChI is InChI=1S/CH6NOP/c2-3-1-4/h1-2,4H2. The van der Waals surface area contributed by atoms with Crippen molar-refractivity contribution in [1.29, 1.82) is 0 Å². The Bertz CT molecular complexity index is 10.0. The molecule has 0 aromatic rings. The molecule has 0 aromatic carbocycles. The predicted octanol–water partition coefficient (Wildman–Crippen LogP) is -0.291. The lowest BCUT2D eigenvalue weighted by molar-refractivity contribution is 0.189. The highest BCUT2D eigenvalue weighted by Gasteiger charge is 1.51. The van der Waals surface area contributed by atoms with Crippen molar-refractivity contribution in [3.63, 3.8) is 0 Å². The summed E-state index contributed by atoms with van der Waals surface area (Å²) in [5.74, 6) is 4.51. The van der Waals surface area contributed by atoms with Crippen molar-refractivity contribution < 1.29 is 4.84 Å². The minimum atomic E-state index is 0.514. The molecule has 0 rings (SSSR count). The number of hydrogen-bond acceptors (Lipinski definition) is 2. The van der Waals surface area contributed by atoms with Crippen molar-refractivity contribution in [1.82, 2.24) is 0 Å². The Labute approximate surface area is 27.5 Å². The van der Waals surface area contributed by atoms with E-state index in [9.17, 15) is 0 Å². The molecule has 0 amide bonds. The van der Waals surface area contributed by atoms with Gasteiger partial charge >= 0.3 is 0 Å². The first-order valence-corrected chi connectivity index (χ1v) is 1.75. The van der Waals surface area contributed by atoms with Gasteiger partial charge in [0.25, 0.3) is 0 Å². The van der Waals surface area contributed by atoms with Crippen molar-refractivity contribution in [2.45, 2.75) is 0 Å². The summed E-state index contributed by atoms with van der Waals surface area (Å²) in [6, 6.07) is 0. The Hall–Kier alpha value is 0.350. The maximum Gasteiger partial charge on any atom is 0.0814 e. The van der Waals surface area contributed by atoms with Crippen molar-refractivity contribution in [3.05, 3.63) is 0 Å². The number of rotatable bonds is 1. The molecule has 3 heteroatoms. The molecule has 0 spiro atoms. The van der Waals surface area contributed by atoms with Gasteiger partial charge in [0, 0.05) is 0 Å². The van der Waals surface area contributed by atoms with E-state index in [1.165, 1.54) is 0 Å². The molecule has 0 aliphatic heterocycles. The second kappa shape index (κ2) is 3.35. The molecule has 4 heavy (non-hydrogen) atoms. The smallest absolute Gasteiger partial charge is 0.0814 e. The molecular weight excluding hydrogens is 73.0 g/mol. The Morgan fingerprint density at radius 2 is 2.25 bits per heavy atom. The lowest BCUT2D eigenvalue weighted by atomic mass is 11.7. The van der Waals surface area contributed by atoms with Crippen LogP contribution in [0.5, 0.6) is 0 Å². The molecule has 0 aromatic heterocycles. The second-order valence-corrected chi connectivity index (χ2v) is 0.667. The highest BCUT2D eigenvalue weighted by Crippen LogP contribution is 1.70. The lowest BCUT2D eigenvalue weighted by Gasteiger charge is -1.76. The molecule has 1 atom stereocenters. The summed E-state index contributed by atoms with van der Waals surface area (Å²) in [7, 11) is 2.31. The van der Waals surface area contributed by atoms with Crippen LogP contribution >= 0.6 is 9.24 Å². The summed E-state index contributed by atoms with van der Waals surface area (Å²) in [5, 5.41) is 0. The third-order valence-electron chi connectivity index (χ3n) is 0.0962. The molecule has 0 fully saturated rings. The molecule has 0 heterocycles. The fraction of sp³-hybridized carbons (Fsp3) is 1.00. The van der Waals surface area contributed by atoms with Gasteiger partial charge in [0.2, 0.25) is 0 Å². The molecule has 0 aliphatic carbocycles. The molecule has 0 radical (unpaired) electrons. The topological polar surface area (TPSA) is 35.2 Å². The van der Waals surface area contributed by atoms with Crippen LogP contribution in [0.3, 0.4) is 0 Å². The molecule has 0 saturated carbocycles. The van der Waals surface area contributed by atoms with Gasteiger partial charge in [-0.05, 0) is 0 Å². The Kier molecular flexibility index (Phi) is 3.64.